The van der Waals surface area contributed by atoms with Crippen molar-refractivity contribution in [2.45, 2.75) is 6.92 Å². The quantitative estimate of drug-likeness (QED) is 0.913. The molecule has 3 heteroatoms. The van der Waals surface area contributed by atoms with Crippen LogP contribution in [0.5, 0.6) is 5.75 Å². The third-order valence-corrected chi connectivity index (χ3v) is 3.12. The number of carbonyl (C=O) groups is 1. The zero-order valence-electron chi connectivity index (χ0n) is 12.3. The van der Waals surface area contributed by atoms with Crippen LogP contribution in [0.3, 0.4) is 0 Å². The molecule has 2 aromatic carbocycles. The van der Waals surface area contributed by atoms with Crippen LogP contribution in [0.15, 0.2) is 60.7 Å². The van der Waals surface area contributed by atoms with Gasteiger partial charge in [0.15, 0.2) is 0 Å². The van der Waals surface area contributed by atoms with Crippen LogP contribution in [0, 0.1) is 0 Å². The Bertz CT molecular complexity index is 633. The molecular formula is C18H19NO2. The van der Waals surface area contributed by atoms with E-state index >= 15 is 0 Å². The Hall–Kier alpha value is -2.55. The number of carbonyl (C=O) groups excluding carboxylic acids is 1. The fourth-order valence-corrected chi connectivity index (χ4v) is 2.11. The summed E-state index contributed by atoms with van der Waals surface area (Å²) in [7, 11) is 1.66. The van der Waals surface area contributed by atoms with Crippen LogP contribution in [-0.2, 0) is 4.79 Å². The van der Waals surface area contributed by atoms with Crippen molar-refractivity contribution in [3.63, 3.8) is 0 Å². The van der Waals surface area contributed by atoms with Gasteiger partial charge in [-0.3, -0.25) is 4.79 Å². The summed E-state index contributed by atoms with van der Waals surface area (Å²) in [5.74, 6) is 0.776. The van der Waals surface area contributed by atoms with Crippen LogP contribution in [0.1, 0.15) is 18.1 Å². The zero-order chi connectivity index (χ0) is 15.1. The lowest BCUT2D eigenvalue weighted by molar-refractivity contribution is -0.118. The van der Waals surface area contributed by atoms with Gasteiger partial charge >= 0.3 is 0 Å². The molecule has 3 nitrogen and oxygen atoms in total. The summed E-state index contributed by atoms with van der Waals surface area (Å²) in [5.41, 5.74) is 3.24. The van der Waals surface area contributed by atoms with Gasteiger partial charge in [0, 0.05) is 13.5 Å². The number of amides is 1. The first-order valence-corrected chi connectivity index (χ1v) is 6.85. The molecule has 0 atom stereocenters. The Kier molecular flexibility index (Phi) is 5.16. The molecule has 0 aliphatic rings. The summed E-state index contributed by atoms with van der Waals surface area (Å²) in [6, 6.07) is 18.0. The average Bonchev–Trinajstić information content (AvgIpc) is 2.52. The predicted octanol–water partition coefficient (Wildman–Crippen LogP) is 3.26. The zero-order valence-corrected chi connectivity index (χ0v) is 12.3. The lowest BCUT2D eigenvalue weighted by atomic mass is 9.97. The van der Waals surface area contributed by atoms with E-state index < -0.39 is 0 Å². The van der Waals surface area contributed by atoms with Crippen molar-refractivity contribution < 1.29 is 9.53 Å². The summed E-state index contributed by atoms with van der Waals surface area (Å²) in [6.45, 7) is 2.01. The van der Waals surface area contributed by atoms with Crippen LogP contribution in [-0.4, -0.2) is 19.6 Å². The standard InChI is InChI=1S/C18H19NO2/c1-14(20)19-12-11-18(15-7-4-3-5-8-15)16-9-6-10-17(13-16)21-2/h3-11,13H,12H2,1-2H3,(H,19,20)/b18-11-. The van der Waals surface area contributed by atoms with Gasteiger partial charge in [-0.2, -0.15) is 0 Å². The molecule has 0 aliphatic carbocycles. The fraction of sp³-hybridized carbons (Fsp3) is 0.167. The first kappa shape index (κ1) is 14.9. The van der Waals surface area contributed by atoms with Crippen molar-refractivity contribution >= 4 is 11.5 Å². The third kappa shape index (κ3) is 4.21. The lowest BCUT2D eigenvalue weighted by Crippen LogP contribution is -2.19. The monoisotopic (exact) mass is 281 g/mol. The van der Waals surface area contributed by atoms with Crippen molar-refractivity contribution in [2.24, 2.45) is 0 Å². The molecule has 0 heterocycles. The minimum absolute atomic E-state index is 0.0377. The molecule has 0 radical (unpaired) electrons. The second kappa shape index (κ2) is 7.29. The van der Waals surface area contributed by atoms with Gasteiger partial charge < -0.3 is 10.1 Å². The highest BCUT2D eigenvalue weighted by atomic mass is 16.5. The van der Waals surface area contributed by atoms with E-state index in [0.29, 0.717) is 6.54 Å². The van der Waals surface area contributed by atoms with E-state index in [0.717, 1.165) is 22.4 Å². The molecule has 0 spiro atoms. The van der Waals surface area contributed by atoms with E-state index in [1.54, 1.807) is 7.11 Å². The van der Waals surface area contributed by atoms with Gasteiger partial charge in [0.05, 0.1) is 7.11 Å². The summed E-state index contributed by atoms with van der Waals surface area (Å²) in [6.07, 6.45) is 2.02. The van der Waals surface area contributed by atoms with Crippen LogP contribution in [0.25, 0.3) is 5.57 Å². The Labute approximate surface area is 125 Å². The number of nitrogens with one attached hydrogen (secondary N) is 1. The van der Waals surface area contributed by atoms with Crippen molar-refractivity contribution in [3.05, 3.63) is 71.8 Å². The number of ether oxygens (including phenoxy) is 1. The summed E-state index contributed by atoms with van der Waals surface area (Å²) < 4.78 is 5.29. The number of hydrogen-bond donors (Lipinski definition) is 1. The molecule has 0 saturated carbocycles. The number of rotatable bonds is 5. The molecule has 0 unspecified atom stereocenters. The first-order valence-electron chi connectivity index (χ1n) is 6.85. The molecule has 0 aliphatic heterocycles. The summed E-state index contributed by atoms with van der Waals surface area (Å²) in [5, 5.41) is 2.80. The van der Waals surface area contributed by atoms with Crippen LogP contribution in [0.2, 0.25) is 0 Å². The highest BCUT2D eigenvalue weighted by molar-refractivity contribution is 5.81. The SMILES string of the molecule is COc1cccc(/C(=C\CNC(C)=O)c2ccccc2)c1. The maximum atomic E-state index is 11.0. The Morgan fingerprint density at radius 1 is 1.10 bits per heavy atom. The molecular weight excluding hydrogens is 262 g/mol. The van der Waals surface area contributed by atoms with Gasteiger partial charge in [0.1, 0.15) is 5.75 Å². The number of benzene rings is 2. The maximum Gasteiger partial charge on any atom is 0.217 e. The van der Waals surface area contributed by atoms with E-state index in [9.17, 15) is 4.79 Å². The van der Waals surface area contributed by atoms with Crippen LogP contribution >= 0.6 is 0 Å². The average molecular weight is 281 g/mol. The van der Waals surface area contributed by atoms with Gasteiger partial charge in [-0.05, 0) is 28.8 Å². The van der Waals surface area contributed by atoms with Crippen molar-refractivity contribution in [1.29, 1.82) is 0 Å². The predicted molar refractivity (Wildman–Crippen MR) is 85.2 cm³/mol. The van der Waals surface area contributed by atoms with Gasteiger partial charge in [-0.1, -0.05) is 48.5 Å². The van der Waals surface area contributed by atoms with Crippen molar-refractivity contribution in [2.75, 3.05) is 13.7 Å². The Morgan fingerprint density at radius 3 is 2.48 bits per heavy atom. The van der Waals surface area contributed by atoms with Crippen molar-refractivity contribution in [1.82, 2.24) is 5.32 Å². The van der Waals surface area contributed by atoms with E-state index in [1.807, 2.05) is 48.5 Å². The largest absolute Gasteiger partial charge is 0.497 e. The van der Waals surface area contributed by atoms with Crippen molar-refractivity contribution in [3.8, 4) is 5.75 Å². The van der Waals surface area contributed by atoms with Gasteiger partial charge in [0.2, 0.25) is 5.91 Å². The smallest absolute Gasteiger partial charge is 0.217 e. The highest BCUT2D eigenvalue weighted by Crippen LogP contribution is 2.25. The van der Waals surface area contributed by atoms with E-state index in [-0.39, 0.29) is 5.91 Å². The maximum absolute atomic E-state index is 11.0. The normalized spacial score (nSPS) is 11.0. The molecule has 0 saturated heterocycles. The number of methoxy groups -OCH3 is 1. The number of hydrogen-bond acceptors (Lipinski definition) is 2. The topological polar surface area (TPSA) is 38.3 Å². The van der Waals surface area contributed by atoms with Gasteiger partial charge in [-0.15, -0.1) is 0 Å². The minimum Gasteiger partial charge on any atom is -0.497 e. The highest BCUT2D eigenvalue weighted by Gasteiger charge is 2.05. The Balaban J connectivity index is 2.37. The first-order chi connectivity index (χ1) is 10.2. The summed E-state index contributed by atoms with van der Waals surface area (Å²) >= 11 is 0. The van der Waals surface area contributed by atoms with E-state index in [1.165, 1.54) is 6.92 Å². The summed E-state index contributed by atoms with van der Waals surface area (Å²) in [4.78, 5) is 11.0. The van der Waals surface area contributed by atoms with Gasteiger partial charge in [-0.25, -0.2) is 0 Å². The third-order valence-electron chi connectivity index (χ3n) is 3.12. The molecule has 1 amide bonds. The Morgan fingerprint density at radius 2 is 1.81 bits per heavy atom. The van der Waals surface area contributed by atoms with Crippen LogP contribution in [0.4, 0.5) is 0 Å². The molecule has 0 aromatic heterocycles. The molecule has 2 aromatic rings. The molecule has 0 bridgehead atoms. The second-order valence-corrected chi connectivity index (χ2v) is 4.65. The molecule has 21 heavy (non-hydrogen) atoms. The molecule has 108 valence electrons. The second-order valence-electron chi connectivity index (χ2n) is 4.65. The van der Waals surface area contributed by atoms with E-state index in [4.69, 9.17) is 4.74 Å². The lowest BCUT2D eigenvalue weighted by Gasteiger charge is -2.10. The minimum atomic E-state index is -0.0377. The van der Waals surface area contributed by atoms with Crippen LogP contribution < -0.4 is 10.1 Å². The molecule has 1 N–H and O–H groups in total. The molecule has 2 rings (SSSR count). The molecule has 0 fully saturated rings. The fourth-order valence-electron chi connectivity index (χ4n) is 2.11. The van der Waals surface area contributed by atoms with Gasteiger partial charge in [0.25, 0.3) is 0 Å². The van der Waals surface area contributed by atoms with E-state index in [2.05, 4.69) is 17.4 Å².